The van der Waals surface area contributed by atoms with E-state index in [9.17, 15) is 14.4 Å². The first kappa shape index (κ1) is 32.1. The summed E-state index contributed by atoms with van der Waals surface area (Å²) >= 11 is 0. The minimum absolute atomic E-state index is 0.180. The van der Waals surface area contributed by atoms with Crippen LogP contribution in [0.4, 0.5) is 0 Å². The van der Waals surface area contributed by atoms with Crippen LogP contribution >= 0.6 is 0 Å². The summed E-state index contributed by atoms with van der Waals surface area (Å²) in [6.45, 7) is 13.0. The van der Waals surface area contributed by atoms with E-state index < -0.39 is 5.60 Å². The first-order valence-electron chi connectivity index (χ1n) is 14.9. The van der Waals surface area contributed by atoms with Crippen LogP contribution in [0.2, 0.25) is 0 Å². The molecule has 3 aromatic rings. The number of hydrogen-bond donors (Lipinski definition) is 2. The molecule has 0 saturated carbocycles. The molecular formula is C36H40N2O6. The Labute approximate surface area is 259 Å². The molecule has 44 heavy (non-hydrogen) atoms. The lowest BCUT2D eigenvalue weighted by atomic mass is 9.79. The summed E-state index contributed by atoms with van der Waals surface area (Å²) in [6.07, 6.45) is 5.67. The van der Waals surface area contributed by atoms with Crippen molar-refractivity contribution in [3.63, 3.8) is 0 Å². The van der Waals surface area contributed by atoms with Crippen LogP contribution in [0, 0.1) is 13.8 Å². The van der Waals surface area contributed by atoms with E-state index in [2.05, 4.69) is 23.8 Å². The Morgan fingerprint density at radius 2 is 1.27 bits per heavy atom. The number of hydrogen-bond acceptors (Lipinski definition) is 6. The highest BCUT2D eigenvalue weighted by atomic mass is 16.6. The average Bonchev–Trinajstić information content (AvgIpc) is 3.34. The van der Waals surface area contributed by atoms with Crippen LogP contribution in [0.5, 0.6) is 11.5 Å². The number of fused-ring (bicyclic) bond motifs is 1. The van der Waals surface area contributed by atoms with Crippen molar-refractivity contribution in [3.8, 4) is 11.5 Å². The number of ether oxygens (including phenoxy) is 3. The van der Waals surface area contributed by atoms with Gasteiger partial charge in [0.05, 0.1) is 18.8 Å². The van der Waals surface area contributed by atoms with Crippen LogP contribution in [-0.4, -0.2) is 44.1 Å². The second-order valence-corrected chi connectivity index (χ2v) is 10.7. The molecule has 0 atom stereocenters. The number of carbonyl (C=O) groups excluding carboxylic acids is 3. The molecule has 2 N–H and O–H groups in total. The number of rotatable bonds is 16. The van der Waals surface area contributed by atoms with Crippen molar-refractivity contribution in [2.24, 2.45) is 0 Å². The molecule has 4 rings (SSSR count). The number of esters is 1. The van der Waals surface area contributed by atoms with Gasteiger partial charge in [-0.05, 0) is 93.1 Å². The molecule has 0 fully saturated rings. The normalized spacial score (nSPS) is 12.9. The second kappa shape index (κ2) is 15.0. The summed E-state index contributed by atoms with van der Waals surface area (Å²) in [5.41, 5.74) is 3.67. The molecule has 1 aliphatic heterocycles. The van der Waals surface area contributed by atoms with Gasteiger partial charge in [-0.3, -0.25) is 9.59 Å². The van der Waals surface area contributed by atoms with Gasteiger partial charge in [-0.2, -0.15) is 0 Å². The molecule has 0 aromatic heterocycles. The van der Waals surface area contributed by atoms with E-state index >= 15 is 0 Å². The van der Waals surface area contributed by atoms with E-state index in [1.165, 1.54) is 12.2 Å². The minimum atomic E-state index is -1.13. The highest BCUT2D eigenvalue weighted by Gasteiger charge is 2.48. The van der Waals surface area contributed by atoms with E-state index in [1.807, 2.05) is 68.4 Å². The van der Waals surface area contributed by atoms with Crippen LogP contribution < -0.4 is 20.1 Å². The van der Waals surface area contributed by atoms with Gasteiger partial charge in [0.15, 0.2) is 5.60 Å². The number of nitrogens with one attached hydrogen (secondary N) is 2. The van der Waals surface area contributed by atoms with Crippen LogP contribution in [-0.2, 0) is 19.9 Å². The van der Waals surface area contributed by atoms with Crippen molar-refractivity contribution >= 4 is 17.8 Å². The van der Waals surface area contributed by atoms with Crippen molar-refractivity contribution in [3.05, 3.63) is 119 Å². The number of aryl methyl sites for hydroxylation is 2. The maximum Gasteiger partial charge on any atom is 0.340 e. The monoisotopic (exact) mass is 596 g/mol. The largest absolute Gasteiger partial charge is 0.493 e. The quantitative estimate of drug-likeness (QED) is 0.125. The van der Waals surface area contributed by atoms with Crippen LogP contribution in [0.15, 0.2) is 86.0 Å². The highest BCUT2D eigenvalue weighted by molar-refractivity contribution is 5.96. The summed E-state index contributed by atoms with van der Waals surface area (Å²) in [4.78, 5) is 35.8. The second-order valence-electron chi connectivity index (χ2n) is 10.7. The Hall–Kier alpha value is -4.85. The fraction of sp³-hybridized carbons (Fsp3) is 0.306. The Bertz CT molecular complexity index is 1450. The van der Waals surface area contributed by atoms with Crippen molar-refractivity contribution in [1.29, 1.82) is 0 Å². The molecule has 1 heterocycles. The maximum atomic E-state index is 13.2. The van der Waals surface area contributed by atoms with Gasteiger partial charge in [0, 0.05) is 29.8 Å². The summed E-state index contributed by atoms with van der Waals surface area (Å²) < 4.78 is 18.4. The zero-order valence-corrected chi connectivity index (χ0v) is 25.4. The number of cyclic esters (lactones) is 1. The summed E-state index contributed by atoms with van der Waals surface area (Å²) in [5.74, 6) is 0.770. The van der Waals surface area contributed by atoms with Gasteiger partial charge in [-0.1, -0.05) is 43.5 Å². The predicted molar refractivity (Wildman–Crippen MR) is 170 cm³/mol. The predicted octanol–water partition coefficient (Wildman–Crippen LogP) is 5.69. The average molecular weight is 597 g/mol. The lowest BCUT2D eigenvalue weighted by Crippen LogP contribution is -2.29. The Morgan fingerprint density at radius 1 is 0.773 bits per heavy atom. The third-order valence-corrected chi connectivity index (χ3v) is 7.56. The fourth-order valence-electron chi connectivity index (χ4n) is 5.26. The van der Waals surface area contributed by atoms with E-state index in [4.69, 9.17) is 14.2 Å². The smallest absolute Gasteiger partial charge is 0.340 e. The molecule has 230 valence electrons. The van der Waals surface area contributed by atoms with Gasteiger partial charge in [0.25, 0.3) is 0 Å². The van der Waals surface area contributed by atoms with Crippen molar-refractivity contribution in [2.75, 3.05) is 26.3 Å². The lowest BCUT2D eigenvalue weighted by Gasteiger charge is -2.31. The van der Waals surface area contributed by atoms with Gasteiger partial charge in [0.1, 0.15) is 11.5 Å². The molecule has 0 aliphatic carbocycles. The van der Waals surface area contributed by atoms with Crippen LogP contribution in [0.1, 0.15) is 63.9 Å². The first-order valence-corrected chi connectivity index (χ1v) is 14.9. The first-order chi connectivity index (χ1) is 21.3. The SMILES string of the molecule is C=CC(=O)NCCCCOc1ccc(C2(c3ccc(OCCCCNC(=O)C=C)c(C)c3)OC(=O)c3ccccc32)cc1C. The van der Waals surface area contributed by atoms with Gasteiger partial charge >= 0.3 is 5.97 Å². The fourth-order valence-corrected chi connectivity index (χ4v) is 5.26. The third kappa shape index (κ3) is 7.37. The van der Waals surface area contributed by atoms with E-state index in [-0.39, 0.29) is 17.8 Å². The summed E-state index contributed by atoms with van der Waals surface area (Å²) in [5, 5.41) is 5.53. The molecule has 8 heteroatoms. The molecular weight excluding hydrogens is 556 g/mol. The molecule has 2 amide bonds. The van der Waals surface area contributed by atoms with E-state index in [1.54, 1.807) is 6.07 Å². The zero-order chi connectivity index (χ0) is 31.5. The Kier molecular flexibility index (Phi) is 11.0. The van der Waals surface area contributed by atoms with Crippen LogP contribution in [0.25, 0.3) is 0 Å². The van der Waals surface area contributed by atoms with E-state index in [0.717, 1.165) is 65.0 Å². The van der Waals surface area contributed by atoms with Gasteiger partial charge in [-0.25, -0.2) is 4.79 Å². The maximum absolute atomic E-state index is 13.2. The van der Waals surface area contributed by atoms with Crippen LogP contribution in [0.3, 0.4) is 0 Å². The summed E-state index contributed by atoms with van der Waals surface area (Å²) in [6, 6.07) is 19.3. The van der Waals surface area contributed by atoms with Crippen molar-refractivity contribution in [1.82, 2.24) is 10.6 Å². The number of amides is 2. The zero-order valence-electron chi connectivity index (χ0n) is 25.4. The molecule has 0 bridgehead atoms. The molecule has 0 spiro atoms. The van der Waals surface area contributed by atoms with Gasteiger partial charge in [0.2, 0.25) is 11.8 Å². The topological polar surface area (TPSA) is 103 Å². The molecule has 0 unspecified atom stereocenters. The molecule has 1 aliphatic rings. The van der Waals surface area contributed by atoms with Gasteiger partial charge < -0.3 is 24.8 Å². The standard InChI is InChI=1S/C36H40N2O6/c1-5-33(39)37-19-9-11-21-42-31-17-15-27(23-25(31)3)36(30-14-8-7-13-29(30)35(41)44-36)28-16-18-32(26(4)24-28)43-22-12-10-20-38-34(40)6-2/h5-8,13-18,23-24H,1-2,9-12,19-22H2,3-4H3,(H,37,39)(H,38,40). The Morgan fingerprint density at radius 3 is 1.75 bits per heavy atom. The minimum Gasteiger partial charge on any atom is -0.493 e. The molecule has 8 nitrogen and oxygen atoms in total. The van der Waals surface area contributed by atoms with Gasteiger partial charge in [-0.15, -0.1) is 0 Å². The highest BCUT2D eigenvalue weighted by Crippen LogP contribution is 2.48. The molecule has 0 saturated heterocycles. The third-order valence-electron chi connectivity index (χ3n) is 7.56. The lowest BCUT2D eigenvalue weighted by molar-refractivity contribution is -0.117. The molecule has 0 radical (unpaired) electrons. The summed E-state index contributed by atoms with van der Waals surface area (Å²) in [7, 11) is 0. The van der Waals surface area contributed by atoms with E-state index in [0.29, 0.717) is 31.9 Å². The number of carbonyl (C=O) groups is 3. The Balaban J connectivity index is 1.52. The van der Waals surface area contributed by atoms with Crippen molar-refractivity contribution < 1.29 is 28.6 Å². The number of benzene rings is 3. The van der Waals surface area contributed by atoms with Crippen molar-refractivity contribution in [2.45, 2.75) is 45.1 Å². The number of unbranched alkanes of at least 4 members (excludes halogenated alkanes) is 2. The molecule has 3 aromatic carbocycles.